The van der Waals surface area contributed by atoms with E-state index in [1.807, 2.05) is 0 Å². The summed E-state index contributed by atoms with van der Waals surface area (Å²) < 4.78 is 6.49. The van der Waals surface area contributed by atoms with Gasteiger partial charge in [-0.05, 0) is 118 Å². The molecule has 2 aliphatic heterocycles. The molecule has 8 aromatic rings. The summed E-state index contributed by atoms with van der Waals surface area (Å²) in [5, 5.41) is 0. The Labute approximate surface area is 323 Å². The highest BCUT2D eigenvalue weighted by molar-refractivity contribution is 5.95. The maximum atomic E-state index is 6.49. The average Bonchev–Trinajstić information content (AvgIpc) is 3.24. The van der Waals surface area contributed by atoms with Crippen LogP contribution in [-0.4, -0.2) is 0 Å². The van der Waals surface area contributed by atoms with Crippen molar-refractivity contribution in [1.82, 2.24) is 0 Å². The van der Waals surface area contributed by atoms with Crippen LogP contribution in [0.5, 0.6) is 11.5 Å². The van der Waals surface area contributed by atoms with E-state index in [1.54, 1.807) is 0 Å². The van der Waals surface area contributed by atoms with Crippen LogP contribution in [0.1, 0.15) is 30.5 Å². The molecule has 264 valence electrons. The highest BCUT2D eigenvalue weighted by Gasteiger charge is 2.42. The van der Waals surface area contributed by atoms with Crippen LogP contribution < -0.4 is 14.5 Å². The van der Waals surface area contributed by atoms with E-state index in [0.29, 0.717) is 0 Å². The molecule has 0 atom stereocenters. The molecule has 0 radical (unpaired) electrons. The molecule has 0 aromatic heterocycles. The largest absolute Gasteiger partial charge is 0.453 e. The summed E-state index contributed by atoms with van der Waals surface area (Å²) in [4.78, 5) is 4.74. The van der Waals surface area contributed by atoms with Crippen LogP contribution in [0, 0.1) is 6.92 Å². The van der Waals surface area contributed by atoms with Crippen LogP contribution >= 0.6 is 0 Å². The first-order chi connectivity index (χ1) is 26.9. The van der Waals surface area contributed by atoms with Gasteiger partial charge in [0.2, 0.25) is 0 Å². The van der Waals surface area contributed by atoms with Crippen molar-refractivity contribution >= 4 is 34.1 Å². The minimum Gasteiger partial charge on any atom is -0.453 e. The first kappa shape index (κ1) is 32.8. The molecule has 0 unspecified atom stereocenters. The van der Waals surface area contributed by atoms with Gasteiger partial charge in [0.25, 0.3) is 0 Å². The van der Waals surface area contributed by atoms with Gasteiger partial charge in [-0.3, -0.25) is 0 Å². The van der Waals surface area contributed by atoms with Crippen LogP contribution in [0.15, 0.2) is 188 Å². The molecular formula is C52H40N2O. The SMILES string of the molecule is Cc1cccc2c1N1c3ccc(-c4ccc(-c5ccc(N(c6ccccc6)c6ccc(-c7ccccc7)cc6)cc5)cc4)cc3C(C)(C)c3cccc(c31)O2. The Bertz CT molecular complexity index is 2680. The van der Waals surface area contributed by atoms with Crippen molar-refractivity contribution in [3.63, 3.8) is 0 Å². The van der Waals surface area contributed by atoms with Gasteiger partial charge in [0.05, 0.1) is 17.1 Å². The topological polar surface area (TPSA) is 15.7 Å². The Balaban J connectivity index is 0.958. The normalized spacial score (nSPS) is 13.3. The lowest BCUT2D eigenvalue weighted by Crippen LogP contribution is -2.32. The Morgan fingerprint density at radius 3 is 1.51 bits per heavy atom. The Kier molecular flexibility index (Phi) is 7.71. The van der Waals surface area contributed by atoms with E-state index in [4.69, 9.17) is 4.74 Å². The third kappa shape index (κ3) is 5.51. The highest BCUT2D eigenvalue weighted by Crippen LogP contribution is 2.60. The van der Waals surface area contributed by atoms with E-state index in [2.05, 4.69) is 219 Å². The number of hydrogen-bond acceptors (Lipinski definition) is 3. The Morgan fingerprint density at radius 1 is 0.418 bits per heavy atom. The van der Waals surface area contributed by atoms with Gasteiger partial charge in [0, 0.05) is 22.5 Å². The van der Waals surface area contributed by atoms with Gasteiger partial charge < -0.3 is 14.5 Å². The molecular weight excluding hydrogens is 669 g/mol. The summed E-state index contributed by atoms with van der Waals surface area (Å²) >= 11 is 0. The van der Waals surface area contributed by atoms with E-state index >= 15 is 0 Å². The summed E-state index contributed by atoms with van der Waals surface area (Å²) in [7, 11) is 0. The molecule has 0 bridgehead atoms. The molecule has 8 aromatic carbocycles. The Hall–Kier alpha value is -6.84. The van der Waals surface area contributed by atoms with Gasteiger partial charge in [-0.2, -0.15) is 0 Å². The van der Waals surface area contributed by atoms with Crippen molar-refractivity contribution in [3.8, 4) is 44.9 Å². The fourth-order valence-corrected chi connectivity index (χ4v) is 8.48. The molecule has 10 rings (SSSR count). The standard InChI is InChI=1S/C52H40N2O/c1-35-12-10-18-48-50(35)54-47-33-28-41(34-46(47)52(2,3)45-17-11-19-49(55-48)51(45)54)40-22-20-37(21-23-40)39-26-31-44(32-27-39)53(42-15-8-5-9-16-42)43-29-24-38(25-30-43)36-13-6-4-7-14-36/h4-34H,1-3H3. The maximum Gasteiger partial charge on any atom is 0.151 e. The molecule has 0 amide bonds. The van der Waals surface area contributed by atoms with Crippen molar-refractivity contribution < 1.29 is 4.74 Å². The summed E-state index contributed by atoms with van der Waals surface area (Å²) in [6, 6.07) is 67.6. The van der Waals surface area contributed by atoms with E-state index in [-0.39, 0.29) is 5.41 Å². The molecule has 2 heterocycles. The van der Waals surface area contributed by atoms with Gasteiger partial charge in [0.1, 0.15) is 0 Å². The van der Waals surface area contributed by atoms with E-state index in [1.165, 1.54) is 55.8 Å². The Morgan fingerprint density at radius 2 is 0.891 bits per heavy atom. The zero-order valence-electron chi connectivity index (χ0n) is 31.2. The second-order valence-corrected chi connectivity index (χ2v) is 15.1. The van der Waals surface area contributed by atoms with Crippen molar-refractivity contribution in [2.75, 3.05) is 9.80 Å². The van der Waals surface area contributed by atoms with Crippen LogP contribution in [0.4, 0.5) is 34.1 Å². The lowest BCUT2D eigenvalue weighted by atomic mass is 9.72. The zero-order valence-corrected chi connectivity index (χ0v) is 31.2. The van der Waals surface area contributed by atoms with Crippen LogP contribution in [0.3, 0.4) is 0 Å². The maximum absolute atomic E-state index is 6.49. The molecule has 0 saturated heterocycles. The zero-order chi connectivity index (χ0) is 37.1. The molecule has 3 heteroatoms. The quantitative estimate of drug-likeness (QED) is 0.171. The summed E-state index contributed by atoms with van der Waals surface area (Å²) in [6.45, 7) is 6.84. The van der Waals surface area contributed by atoms with Crippen LogP contribution in [0.25, 0.3) is 33.4 Å². The molecule has 55 heavy (non-hydrogen) atoms. The third-order valence-electron chi connectivity index (χ3n) is 11.4. The number of hydrogen-bond donors (Lipinski definition) is 0. The smallest absolute Gasteiger partial charge is 0.151 e. The van der Waals surface area contributed by atoms with E-state index in [9.17, 15) is 0 Å². The van der Waals surface area contributed by atoms with Gasteiger partial charge in [-0.25, -0.2) is 0 Å². The monoisotopic (exact) mass is 708 g/mol. The van der Waals surface area contributed by atoms with Gasteiger partial charge in [-0.1, -0.05) is 141 Å². The number of rotatable bonds is 6. The fourth-order valence-electron chi connectivity index (χ4n) is 8.48. The molecule has 0 N–H and O–H groups in total. The van der Waals surface area contributed by atoms with Crippen molar-refractivity contribution in [3.05, 3.63) is 205 Å². The number of aryl methyl sites for hydroxylation is 1. The van der Waals surface area contributed by atoms with Crippen molar-refractivity contribution in [1.29, 1.82) is 0 Å². The van der Waals surface area contributed by atoms with Crippen molar-refractivity contribution in [2.24, 2.45) is 0 Å². The fraction of sp³-hybridized carbons (Fsp3) is 0.0769. The number of benzene rings is 8. The second-order valence-electron chi connectivity index (χ2n) is 15.1. The highest BCUT2D eigenvalue weighted by atomic mass is 16.5. The van der Waals surface area contributed by atoms with Crippen molar-refractivity contribution in [2.45, 2.75) is 26.2 Å². The lowest BCUT2D eigenvalue weighted by molar-refractivity contribution is 0.471. The summed E-state index contributed by atoms with van der Waals surface area (Å²) in [5.74, 6) is 1.81. The van der Waals surface area contributed by atoms with Gasteiger partial charge in [-0.15, -0.1) is 0 Å². The van der Waals surface area contributed by atoms with Crippen LogP contribution in [-0.2, 0) is 5.41 Å². The predicted octanol–water partition coefficient (Wildman–Crippen LogP) is 14.7. The first-order valence-electron chi connectivity index (χ1n) is 19.0. The molecule has 0 fully saturated rings. The van der Waals surface area contributed by atoms with E-state index < -0.39 is 0 Å². The number of fused-ring (bicyclic) bond motifs is 4. The number of nitrogens with zero attached hydrogens (tertiary/aromatic N) is 2. The number of anilines is 6. The summed E-state index contributed by atoms with van der Waals surface area (Å²) in [6.07, 6.45) is 0. The van der Waals surface area contributed by atoms with Crippen LogP contribution in [0.2, 0.25) is 0 Å². The molecule has 0 saturated carbocycles. The van der Waals surface area contributed by atoms with E-state index in [0.717, 1.165) is 39.9 Å². The summed E-state index contributed by atoms with van der Waals surface area (Å²) in [5.41, 5.74) is 17.6. The number of ether oxygens (including phenoxy) is 1. The average molecular weight is 709 g/mol. The first-order valence-corrected chi connectivity index (χ1v) is 19.0. The molecule has 2 aliphatic rings. The minimum atomic E-state index is -0.212. The minimum absolute atomic E-state index is 0.212. The lowest BCUT2D eigenvalue weighted by Gasteiger charge is -2.45. The van der Waals surface area contributed by atoms with Gasteiger partial charge in [0.15, 0.2) is 11.5 Å². The molecule has 0 spiro atoms. The number of para-hydroxylation sites is 3. The molecule has 3 nitrogen and oxygen atoms in total. The molecule has 0 aliphatic carbocycles. The third-order valence-corrected chi connectivity index (χ3v) is 11.4. The predicted molar refractivity (Wildman–Crippen MR) is 229 cm³/mol. The second kappa shape index (κ2) is 12.9. The van der Waals surface area contributed by atoms with Gasteiger partial charge >= 0.3 is 0 Å².